The number of thiazole rings is 1. The Labute approximate surface area is 187 Å². The Morgan fingerprint density at radius 3 is 2.75 bits per heavy atom. The highest BCUT2D eigenvalue weighted by atomic mass is 32.1. The van der Waals surface area contributed by atoms with Gasteiger partial charge in [-0.1, -0.05) is 42.5 Å². The molecule has 160 valence electrons. The van der Waals surface area contributed by atoms with Crippen molar-refractivity contribution >= 4 is 33.0 Å². The third-order valence-corrected chi connectivity index (χ3v) is 5.92. The second-order valence-electron chi connectivity index (χ2n) is 7.23. The van der Waals surface area contributed by atoms with Crippen LogP contribution in [0.4, 0.5) is 4.39 Å². The summed E-state index contributed by atoms with van der Waals surface area (Å²) in [5, 5.41) is 11.4. The predicted octanol–water partition coefficient (Wildman–Crippen LogP) is 4.49. The van der Waals surface area contributed by atoms with Gasteiger partial charge in [-0.2, -0.15) is 4.98 Å². The first kappa shape index (κ1) is 20.1. The number of nitrogens with zero attached hydrogens (tertiary/aromatic N) is 3. The number of benzene rings is 3. The lowest BCUT2D eigenvalue weighted by Crippen LogP contribution is -2.30. The van der Waals surface area contributed by atoms with Crippen molar-refractivity contribution in [2.24, 2.45) is 0 Å². The van der Waals surface area contributed by atoms with E-state index in [0.717, 1.165) is 16.5 Å². The lowest BCUT2D eigenvalue weighted by Gasteiger charge is -2.08. The number of fused-ring (bicyclic) bond motifs is 2. The van der Waals surface area contributed by atoms with Crippen LogP contribution in [-0.4, -0.2) is 33.7 Å². The lowest BCUT2D eigenvalue weighted by atomic mass is 10.1. The van der Waals surface area contributed by atoms with E-state index in [1.54, 1.807) is 22.7 Å². The summed E-state index contributed by atoms with van der Waals surface area (Å²) in [6, 6.07) is 20.2. The molecule has 6 nitrogen and oxygen atoms in total. The van der Waals surface area contributed by atoms with Crippen LogP contribution >= 0.6 is 11.3 Å². The Kier molecular flexibility index (Phi) is 5.51. The molecule has 3 aromatic carbocycles. The van der Waals surface area contributed by atoms with Crippen molar-refractivity contribution in [2.75, 3.05) is 13.2 Å². The maximum absolute atomic E-state index is 14.0. The van der Waals surface area contributed by atoms with Gasteiger partial charge in [0.1, 0.15) is 11.6 Å². The summed E-state index contributed by atoms with van der Waals surface area (Å²) in [5.41, 5.74) is 1.27. The number of carbonyl (C=O) groups is 1. The molecule has 0 aliphatic carbocycles. The number of rotatable bonds is 7. The summed E-state index contributed by atoms with van der Waals surface area (Å²) in [7, 11) is 0. The molecule has 5 aromatic rings. The van der Waals surface area contributed by atoms with Crippen LogP contribution in [0, 0.1) is 5.82 Å². The molecule has 8 heteroatoms. The fourth-order valence-corrected chi connectivity index (χ4v) is 4.30. The van der Waals surface area contributed by atoms with Gasteiger partial charge >= 0.3 is 0 Å². The number of hydrogen-bond donors (Lipinski definition) is 1. The molecule has 0 spiro atoms. The van der Waals surface area contributed by atoms with E-state index in [4.69, 9.17) is 4.74 Å². The van der Waals surface area contributed by atoms with Crippen LogP contribution in [0.1, 0.15) is 5.69 Å². The molecular formula is C24H19FN4O2S. The van der Waals surface area contributed by atoms with E-state index in [0.29, 0.717) is 35.1 Å². The molecule has 0 unspecified atom stereocenters. The van der Waals surface area contributed by atoms with Crippen molar-refractivity contribution < 1.29 is 13.9 Å². The molecule has 0 saturated heterocycles. The van der Waals surface area contributed by atoms with E-state index in [9.17, 15) is 9.18 Å². The fourth-order valence-electron chi connectivity index (χ4n) is 3.44. The van der Waals surface area contributed by atoms with E-state index in [-0.39, 0.29) is 18.3 Å². The normalized spacial score (nSPS) is 11.2. The lowest BCUT2D eigenvalue weighted by molar-refractivity contribution is -0.123. The maximum Gasteiger partial charge on any atom is 0.257 e. The van der Waals surface area contributed by atoms with Crippen molar-refractivity contribution in [3.63, 3.8) is 0 Å². The first-order chi connectivity index (χ1) is 15.7. The smallest absolute Gasteiger partial charge is 0.257 e. The molecule has 32 heavy (non-hydrogen) atoms. The van der Waals surface area contributed by atoms with Crippen LogP contribution in [0.2, 0.25) is 0 Å². The van der Waals surface area contributed by atoms with Gasteiger partial charge in [0.2, 0.25) is 4.96 Å². The third-order valence-electron chi connectivity index (χ3n) is 5.06. The first-order valence-corrected chi connectivity index (χ1v) is 11.0. The Hall–Kier alpha value is -3.78. The standard InChI is InChI=1S/C24H19FN4O2S/c25-21-8-4-3-7-20(21)23-27-24-29(28-23)18(15-32-24)11-12-26-22(30)14-31-19-10-9-16-5-1-2-6-17(16)13-19/h1-10,13,15H,11-12,14H2,(H,26,30). The van der Waals surface area contributed by atoms with Gasteiger partial charge in [-0.15, -0.1) is 16.4 Å². The van der Waals surface area contributed by atoms with Gasteiger partial charge in [0.05, 0.1) is 11.3 Å². The van der Waals surface area contributed by atoms with Gasteiger partial charge in [-0.3, -0.25) is 4.79 Å². The molecule has 0 aliphatic rings. The zero-order valence-electron chi connectivity index (χ0n) is 17.0. The largest absolute Gasteiger partial charge is 0.484 e. The molecule has 0 atom stereocenters. The zero-order chi connectivity index (χ0) is 21.9. The summed E-state index contributed by atoms with van der Waals surface area (Å²) in [6.45, 7) is 0.374. The summed E-state index contributed by atoms with van der Waals surface area (Å²) in [6.07, 6.45) is 0.571. The van der Waals surface area contributed by atoms with E-state index in [1.165, 1.54) is 17.4 Å². The average Bonchev–Trinajstić information content (AvgIpc) is 3.39. The Morgan fingerprint density at radius 1 is 1.06 bits per heavy atom. The predicted molar refractivity (Wildman–Crippen MR) is 122 cm³/mol. The SMILES string of the molecule is O=C(COc1ccc2ccccc2c1)NCCc1csc2nc(-c3ccccc3F)nn12. The van der Waals surface area contributed by atoms with Crippen LogP contribution in [0.3, 0.4) is 0 Å². The van der Waals surface area contributed by atoms with Crippen LogP contribution < -0.4 is 10.1 Å². The Balaban J connectivity index is 1.17. The molecule has 1 N–H and O–H groups in total. The molecule has 2 heterocycles. The van der Waals surface area contributed by atoms with E-state index < -0.39 is 0 Å². The molecule has 0 fully saturated rings. The molecule has 0 saturated carbocycles. The quantitative estimate of drug-likeness (QED) is 0.400. The van der Waals surface area contributed by atoms with Gasteiger partial charge < -0.3 is 10.1 Å². The van der Waals surface area contributed by atoms with Gasteiger partial charge in [-0.25, -0.2) is 8.91 Å². The molecule has 2 aromatic heterocycles. The van der Waals surface area contributed by atoms with Crippen LogP contribution in [0.5, 0.6) is 5.75 Å². The third kappa shape index (κ3) is 4.17. The van der Waals surface area contributed by atoms with Crippen LogP contribution in [0.15, 0.2) is 72.1 Å². The van der Waals surface area contributed by atoms with Crippen molar-refractivity contribution in [1.29, 1.82) is 0 Å². The summed E-state index contributed by atoms with van der Waals surface area (Å²) < 4.78 is 21.4. The highest BCUT2D eigenvalue weighted by Crippen LogP contribution is 2.23. The molecule has 0 bridgehead atoms. The van der Waals surface area contributed by atoms with Crippen LogP contribution in [-0.2, 0) is 11.2 Å². The van der Waals surface area contributed by atoms with E-state index in [1.807, 2.05) is 47.8 Å². The van der Waals surface area contributed by atoms with Gasteiger partial charge in [0.15, 0.2) is 12.4 Å². The number of amides is 1. The number of ether oxygens (including phenoxy) is 1. The molecule has 5 rings (SSSR count). The second-order valence-corrected chi connectivity index (χ2v) is 8.07. The van der Waals surface area contributed by atoms with Crippen molar-refractivity contribution in [2.45, 2.75) is 6.42 Å². The first-order valence-electron chi connectivity index (χ1n) is 10.1. The monoisotopic (exact) mass is 446 g/mol. The molecule has 0 aliphatic heterocycles. The minimum absolute atomic E-state index is 0.0574. The molecule has 1 amide bonds. The Bertz CT molecular complexity index is 1410. The molecule has 0 radical (unpaired) electrons. The number of hydrogen-bond acceptors (Lipinski definition) is 5. The summed E-state index contributed by atoms with van der Waals surface area (Å²) in [5.74, 6) is 0.451. The van der Waals surface area contributed by atoms with Gasteiger partial charge in [0.25, 0.3) is 5.91 Å². The minimum Gasteiger partial charge on any atom is -0.484 e. The van der Waals surface area contributed by atoms with E-state index >= 15 is 0 Å². The number of carbonyl (C=O) groups excluding carboxylic acids is 1. The minimum atomic E-state index is -0.356. The number of halogens is 1. The van der Waals surface area contributed by atoms with Gasteiger partial charge in [-0.05, 0) is 35.0 Å². The van der Waals surface area contributed by atoms with Crippen molar-refractivity contribution in [3.8, 4) is 17.1 Å². The number of aromatic nitrogens is 3. The highest BCUT2D eigenvalue weighted by molar-refractivity contribution is 7.15. The topological polar surface area (TPSA) is 68.5 Å². The zero-order valence-corrected chi connectivity index (χ0v) is 17.8. The van der Waals surface area contributed by atoms with Crippen molar-refractivity contribution in [3.05, 3.63) is 83.6 Å². The summed E-state index contributed by atoms with van der Waals surface area (Å²) >= 11 is 1.43. The molecular weight excluding hydrogens is 427 g/mol. The van der Waals surface area contributed by atoms with Crippen molar-refractivity contribution in [1.82, 2.24) is 19.9 Å². The Morgan fingerprint density at radius 2 is 1.88 bits per heavy atom. The fraction of sp³-hybridized carbons (Fsp3) is 0.125. The second kappa shape index (κ2) is 8.76. The van der Waals surface area contributed by atoms with Gasteiger partial charge in [0, 0.05) is 18.3 Å². The van der Waals surface area contributed by atoms with E-state index in [2.05, 4.69) is 15.4 Å². The highest BCUT2D eigenvalue weighted by Gasteiger charge is 2.14. The average molecular weight is 447 g/mol. The van der Waals surface area contributed by atoms with Crippen LogP contribution in [0.25, 0.3) is 27.1 Å². The summed E-state index contributed by atoms with van der Waals surface area (Å²) in [4.78, 5) is 17.3. The number of nitrogens with one attached hydrogen (secondary N) is 1. The maximum atomic E-state index is 14.0.